The van der Waals surface area contributed by atoms with Crippen molar-refractivity contribution < 1.29 is 4.52 Å². The Bertz CT molecular complexity index is 1370. The molecule has 0 unspecified atom stereocenters. The smallest absolute Gasteiger partial charge is 0.266 e. The summed E-state index contributed by atoms with van der Waals surface area (Å²) in [5.74, 6) is 3.11. The van der Waals surface area contributed by atoms with E-state index < -0.39 is 0 Å². The molecule has 0 N–H and O–H groups in total. The van der Waals surface area contributed by atoms with E-state index in [1.165, 1.54) is 0 Å². The summed E-state index contributed by atoms with van der Waals surface area (Å²) in [7, 11) is 0. The van der Waals surface area contributed by atoms with Crippen molar-refractivity contribution in [3.05, 3.63) is 46.1 Å². The predicted octanol–water partition coefficient (Wildman–Crippen LogP) is 3.08. The first-order valence-electron chi connectivity index (χ1n) is 11.0. The van der Waals surface area contributed by atoms with E-state index in [1.54, 1.807) is 22.9 Å². The monoisotopic (exact) mass is 511 g/mol. The van der Waals surface area contributed by atoms with E-state index in [2.05, 4.69) is 58.2 Å². The third kappa shape index (κ3) is 4.22. The Morgan fingerprint density at radius 2 is 1.94 bits per heavy atom. The topological polar surface area (TPSA) is 129 Å². The molecular weight excluding hydrogens is 490 g/mol. The second-order valence-corrected chi connectivity index (χ2v) is 8.74. The first kappa shape index (κ1) is 21.6. The Kier molecular flexibility index (Phi) is 6.07. The van der Waals surface area contributed by atoms with Crippen LogP contribution in [0.3, 0.4) is 0 Å². The number of hydrogen-bond donors (Lipinski definition) is 0. The van der Waals surface area contributed by atoms with Crippen LogP contribution in [0.25, 0.3) is 17.4 Å². The van der Waals surface area contributed by atoms with Crippen LogP contribution in [-0.2, 0) is 25.8 Å². The van der Waals surface area contributed by atoms with E-state index in [0.717, 1.165) is 30.4 Å². The predicted molar refractivity (Wildman–Crippen MR) is 124 cm³/mol. The number of aliphatic imine (C=N–C) groups is 1. The molecule has 0 saturated carbocycles. The highest BCUT2D eigenvalue weighted by Gasteiger charge is 2.25. The van der Waals surface area contributed by atoms with Crippen LogP contribution in [-0.4, -0.2) is 43.9 Å². The molecule has 0 atom stereocenters. The maximum absolute atomic E-state index is 13.2. The number of nitrogens with zero attached hydrogens (tertiary/aromatic N) is 9. The van der Waals surface area contributed by atoms with Gasteiger partial charge in [0.05, 0.1) is 10.2 Å². The van der Waals surface area contributed by atoms with E-state index >= 15 is 0 Å². The van der Waals surface area contributed by atoms with Crippen LogP contribution >= 0.6 is 15.9 Å². The summed E-state index contributed by atoms with van der Waals surface area (Å²) in [5, 5.41) is 12.6. The average Bonchev–Trinajstić information content (AvgIpc) is 3.56. The van der Waals surface area contributed by atoms with E-state index in [4.69, 9.17) is 4.52 Å². The molecule has 0 bridgehead atoms. The second-order valence-electron chi connectivity index (χ2n) is 7.82. The normalized spacial score (nSPS) is 13.0. The number of rotatable bonds is 9. The summed E-state index contributed by atoms with van der Waals surface area (Å²) in [6.45, 7) is 2.91. The number of aryl methyl sites for hydroxylation is 3. The lowest BCUT2D eigenvalue weighted by Crippen LogP contribution is -2.23. The molecule has 0 spiro atoms. The highest BCUT2D eigenvalue weighted by Crippen LogP contribution is 2.28. The maximum Gasteiger partial charge on any atom is 0.266 e. The fourth-order valence-corrected chi connectivity index (χ4v) is 4.36. The van der Waals surface area contributed by atoms with E-state index in [-0.39, 0.29) is 5.56 Å². The third-order valence-electron chi connectivity index (χ3n) is 5.50. The number of fused-ring (bicyclic) bond motifs is 2. The van der Waals surface area contributed by atoms with Crippen LogP contribution in [0.1, 0.15) is 49.9 Å². The Morgan fingerprint density at radius 3 is 2.76 bits per heavy atom. The Morgan fingerprint density at radius 1 is 1.09 bits per heavy atom. The summed E-state index contributed by atoms with van der Waals surface area (Å²) >= 11 is 3.46. The first-order valence-corrected chi connectivity index (χ1v) is 11.8. The van der Waals surface area contributed by atoms with Crippen LogP contribution in [0.5, 0.6) is 0 Å². The van der Waals surface area contributed by atoms with Crippen LogP contribution in [0.4, 0.5) is 5.82 Å². The van der Waals surface area contributed by atoms with Gasteiger partial charge >= 0.3 is 0 Å². The molecule has 12 heteroatoms. The quantitative estimate of drug-likeness (QED) is 0.313. The summed E-state index contributed by atoms with van der Waals surface area (Å²) in [6.07, 6.45) is 8.70. The highest BCUT2D eigenvalue weighted by molar-refractivity contribution is 9.18. The van der Waals surface area contributed by atoms with Crippen molar-refractivity contribution in [1.29, 1.82) is 0 Å². The molecule has 0 saturated heterocycles. The summed E-state index contributed by atoms with van der Waals surface area (Å²) < 4.78 is 9.73. The van der Waals surface area contributed by atoms with Crippen molar-refractivity contribution in [3.63, 3.8) is 0 Å². The molecule has 170 valence electrons. The molecule has 11 nitrogen and oxygen atoms in total. The zero-order chi connectivity index (χ0) is 22.8. The lowest BCUT2D eigenvalue weighted by molar-refractivity contribution is 0.375. The lowest BCUT2D eigenvalue weighted by Gasteiger charge is -2.12. The molecule has 5 rings (SSSR count). The first-order chi connectivity index (χ1) is 16.2. The molecule has 0 amide bonds. The molecule has 1 aliphatic heterocycles. The van der Waals surface area contributed by atoms with Crippen molar-refractivity contribution in [2.45, 2.75) is 58.4 Å². The third-order valence-corrected chi connectivity index (χ3v) is 5.96. The van der Waals surface area contributed by atoms with Gasteiger partial charge in [-0.15, -0.1) is 10.2 Å². The minimum atomic E-state index is -0.105. The minimum Gasteiger partial charge on any atom is -0.339 e. The van der Waals surface area contributed by atoms with Gasteiger partial charge in [-0.3, -0.25) is 9.36 Å². The van der Waals surface area contributed by atoms with Crippen molar-refractivity contribution >= 4 is 32.1 Å². The van der Waals surface area contributed by atoms with Gasteiger partial charge in [0.1, 0.15) is 11.6 Å². The SMILES string of the molecule is CCCCCn1c2c(c(=O)n3c(CCCc4nc(-c5ncccn5)no4)nnc13)CC(Br)=N2. The summed E-state index contributed by atoms with van der Waals surface area (Å²) in [6, 6.07) is 1.73. The Labute approximate surface area is 197 Å². The molecule has 0 radical (unpaired) electrons. The van der Waals surface area contributed by atoms with Gasteiger partial charge in [-0.05, 0) is 34.8 Å². The highest BCUT2D eigenvalue weighted by atomic mass is 79.9. The second kappa shape index (κ2) is 9.30. The van der Waals surface area contributed by atoms with Gasteiger partial charge < -0.3 is 4.52 Å². The van der Waals surface area contributed by atoms with Crippen LogP contribution in [0.15, 0.2) is 32.8 Å². The van der Waals surface area contributed by atoms with Gasteiger partial charge in [-0.25, -0.2) is 19.4 Å². The van der Waals surface area contributed by atoms with Crippen molar-refractivity contribution in [2.24, 2.45) is 4.99 Å². The molecule has 1 aliphatic rings. The van der Waals surface area contributed by atoms with Gasteiger partial charge in [0.2, 0.25) is 23.3 Å². The standard InChI is InChI=1S/C21H22BrN9O2/c1-2-3-4-11-30-19-13(12-14(22)25-19)20(32)31-15(27-28-21(30)31)7-5-8-16-26-18(29-33-16)17-23-9-6-10-24-17/h6,9-10H,2-5,7-8,11-12H2,1H3. The zero-order valence-corrected chi connectivity index (χ0v) is 19.7. The molecule has 0 aromatic carbocycles. The molecule has 33 heavy (non-hydrogen) atoms. The maximum atomic E-state index is 13.2. The average molecular weight is 512 g/mol. The van der Waals surface area contributed by atoms with Crippen molar-refractivity contribution in [3.8, 4) is 11.6 Å². The molecule has 4 aromatic heterocycles. The van der Waals surface area contributed by atoms with Gasteiger partial charge in [0, 0.05) is 38.2 Å². The zero-order valence-electron chi connectivity index (χ0n) is 18.1. The fourth-order valence-electron chi connectivity index (χ4n) is 3.91. The largest absolute Gasteiger partial charge is 0.339 e. The van der Waals surface area contributed by atoms with Crippen LogP contribution in [0, 0.1) is 0 Å². The van der Waals surface area contributed by atoms with Crippen molar-refractivity contribution in [1.82, 2.24) is 39.3 Å². The van der Waals surface area contributed by atoms with Crippen molar-refractivity contribution in [2.75, 3.05) is 0 Å². The molecule has 0 aliphatic carbocycles. The fraction of sp³-hybridized carbons (Fsp3) is 0.429. The molecule has 4 aromatic rings. The number of halogens is 1. The van der Waals surface area contributed by atoms with Gasteiger partial charge in [0.25, 0.3) is 5.56 Å². The van der Waals surface area contributed by atoms with E-state index in [1.807, 2.05) is 4.57 Å². The van der Waals surface area contributed by atoms with Gasteiger partial charge in [-0.2, -0.15) is 4.98 Å². The minimum absolute atomic E-state index is 0.105. The molecule has 5 heterocycles. The Balaban J connectivity index is 1.37. The van der Waals surface area contributed by atoms with Crippen LogP contribution in [0.2, 0.25) is 0 Å². The van der Waals surface area contributed by atoms with Gasteiger partial charge in [0.15, 0.2) is 0 Å². The summed E-state index contributed by atoms with van der Waals surface area (Å²) in [5.41, 5.74) is 0.572. The van der Waals surface area contributed by atoms with Crippen LogP contribution < -0.4 is 5.56 Å². The van der Waals surface area contributed by atoms with Gasteiger partial charge in [-0.1, -0.05) is 24.9 Å². The number of hydrogen-bond acceptors (Lipinski definition) is 9. The molecule has 0 fully saturated rings. The Hall–Kier alpha value is -3.28. The van der Waals surface area contributed by atoms with E-state index in [0.29, 0.717) is 66.2 Å². The molecular formula is C21H22BrN9O2. The summed E-state index contributed by atoms with van der Waals surface area (Å²) in [4.78, 5) is 30.4. The number of unbranched alkanes of at least 4 members (excludes halogenated alkanes) is 2. The number of aromatic nitrogens is 8. The van der Waals surface area contributed by atoms with E-state index in [9.17, 15) is 4.79 Å². The lowest BCUT2D eigenvalue weighted by atomic mass is 10.2.